The van der Waals surface area contributed by atoms with E-state index >= 15 is 0 Å². The van der Waals surface area contributed by atoms with Crippen LogP contribution in [0.25, 0.3) is 0 Å². The maximum Gasteiger partial charge on any atom is 0.345 e. The predicted octanol–water partition coefficient (Wildman–Crippen LogP) is 0.563. The number of hydrogen-bond donors (Lipinski definition) is 5. The van der Waals surface area contributed by atoms with Gasteiger partial charge in [-0.1, -0.05) is 0 Å². The second-order valence-corrected chi connectivity index (χ2v) is 5.50. The molecule has 0 saturated heterocycles. The zero-order chi connectivity index (χ0) is 19.3. The summed E-state index contributed by atoms with van der Waals surface area (Å²) < 4.78 is 4.43. The number of ether oxygens (including phenoxy) is 1. The number of phenolic OH excluding ortho intramolecular Hbond substituents is 2. The number of hydrogen-bond acceptors (Lipinski definition) is 9. The fourth-order valence-corrected chi connectivity index (χ4v) is 2.90. The molecule has 0 aromatic heterocycles. The number of phenols is 4. The van der Waals surface area contributed by atoms with Gasteiger partial charge in [-0.15, -0.1) is 0 Å². The lowest BCUT2D eigenvalue weighted by molar-refractivity contribution is 0.0593. The maximum atomic E-state index is 12.8. The lowest BCUT2D eigenvalue weighted by Gasteiger charge is -2.22. The molecule has 0 aliphatic heterocycles. The molecule has 2 aromatic rings. The van der Waals surface area contributed by atoms with Gasteiger partial charge in [-0.3, -0.25) is 9.59 Å². The molecule has 0 bridgehead atoms. The SMILES string of the molecule is COC(=O)c1c(O)cc2c(c1O)C(=O)c1c(cc(O)c(CO)c1O)C2=O. The van der Waals surface area contributed by atoms with Crippen molar-refractivity contribution in [2.75, 3.05) is 7.11 Å². The Hall–Kier alpha value is -3.59. The largest absolute Gasteiger partial charge is 0.507 e. The van der Waals surface area contributed by atoms with Crippen LogP contribution in [0.3, 0.4) is 0 Å². The molecule has 1 aliphatic carbocycles. The van der Waals surface area contributed by atoms with Crippen molar-refractivity contribution in [3.8, 4) is 23.0 Å². The molecule has 5 N–H and O–H groups in total. The first-order valence-corrected chi connectivity index (χ1v) is 7.19. The third-order valence-corrected chi connectivity index (χ3v) is 4.15. The highest BCUT2D eigenvalue weighted by Crippen LogP contribution is 2.44. The standard InChI is InChI=1S/C17H12O9/c1-26-17(25)12-9(20)3-6-11(16(12)24)15(23)10-5(13(6)21)2-8(19)7(4-18)14(10)22/h2-3,18-20,22,24H,4H2,1H3. The molecule has 3 rings (SSSR count). The Morgan fingerprint density at radius 2 is 1.46 bits per heavy atom. The van der Waals surface area contributed by atoms with Crippen molar-refractivity contribution in [1.82, 2.24) is 0 Å². The summed E-state index contributed by atoms with van der Waals surface area (Å²) in [6.45, 7) is -0.811. The third kappa shape index (κ3) is 2.11. The third-order valence-electron chi connectivity index (χ3n) is 4.15. The Bertz CT molecular complexity index is 1000. The molecule has 2 aromatic carbocycles. The van der Waals surface area contributed by atoms with E-state index in [1.54, 1.807) is 0 Å². The van der Waals surface area contributed by atoms with Gasteiger partial charge in [0.25, 0.3) is 0 Å². The number of methoxy groups -OCH3 is 1. The molecule has 134 valence electrons. The molecule has 0 fully saturated rings. The van der Waals surface area contributed by atoms with E-state index in [1.807, 2.05) is 0 Å². The number of carbonyl (C=O) groups excluding carboxylic acids is 3. The van der Waals surface area contributed by atoms with Crippen LogP contribution in [0.4, 0.5) is 0 Å². The first kappa shape index (κ1) is 17.2. The van der Waals surface area contributed by atoms with Crippen molar-refractivity contribution in [3.63, 3.8) is 0 Å². The van der Waals surface area contributed by atoms with E-state index in [4.69, 9.17) is 0 Å². The zero-order valence-corrected chi connectivity index (χ0v) is 13.2. The van der Waals surface area contributed by atoms with Crippen molar-refractivity contribution in [2.24, 2.45) is 0 Å². The molecular formula is C17H12O9. The molecular weight excluding hydrogens is 348 g/mol. The minimum Gasteiger partial charge on any atom is -0.507 e. The second-order valence-electron chi connectivity index (χ2n) is 5.50. The Morgan fingerprint density at radius 1 is 0.923 bits per heavy atom. The van der Waals surface area contributed by atoms with Crippen LogP contribution in [0.5, 0.6) is 23.0 Å². The minimum atomic E-state index is -1.14. The van der Waals surface area contributed by atoms with E-state index in [2.05, 4.69) is 4.74 Å². The quantitative estimate of drug-likeness (QED) is 0.411. The van der Waals surface area contributed by atoms with Gasteiger partial charge < -0.3 is 30.3 Å². The van der Waals surface area contributed by atoms with Crippen LogP contribution in [0, 0.1) is 0 Å². The zero-order valence-electron chi connectivity index (χ0n) is 13.2. The first-order valence-electron chi connectivity index (χ1n) is 7.19. The Kier molecular flexibility index (Phi) is 3.81. The summed E-state index contributed by atoms with van der Waals surface area (Å²) in [5.74, 6) is -6.23. The van der Waals surface area contributed by atoms with Gasteiger partial charge in [0.15, 0.2) is 5.78 Å². The number of ketones is 2. The van der Waals surface area contributed by atoms with E-state index in [-0.39, 0.29) is 11.1 Å². The van der Waals surface area contributed by atoms with Crippen molar-refractivity contribution < 1.29 is 44.7 Å². The molecule has 0 heterocycles. The summed E-state index contributed by atoms with van der Waals surface area (Å²) in [5.41, 5.74) is -3.02. The summed E-state index contributed by atoms with van der Waals surface area (Å²) >= 11 is 0. The highest BCUT2D eigenvalue weighted by Gasteiger charge is 2.39. The van der Waals surface area contributed by atoms with Gasteiger partial charge in [0.1, 0.15) is 28.6 Å². The molecule has 0 saturated carbocycles. The number of aliphatic hydroxyl groups excluding tert-OH is 1. The molecule has 0 spiro atoms. The van der Waals surface area contributed by atoms with E-state index < -0.39 is 69.4 Å². The van der Waals surface area contributed by atoms with Gasteiger partial charge in [-0.2, -0.15) is 0 Å². The lowest BCUT2D eigenvalue weighted by Crippen LogP contribution is -2.23. The van der Waals surface area contributed by atoms with Crippen LogP contribution in [0.1, 0.15) is 47.8 Å². The number of esters is 1. The van der Waals surface area contributed by atoms with Gasteiger partial charge in [0, 0.05) is 11.1 Å². The first-order chi connectivity index (χ1) is 12.2. The molecule has 26 heavy (non-hydrogen) atoms. The summed E-state index contributed by atoms with van der Waals surface area (Å²) in [5, 5.41) is 49.5. The van der Waals surface area contributed by atoms with Crippen LogP contribution in [0.2, 0.25) is 0 Å². The number of aromatic hydroxyl groups is 4. The van der Waals surface area contributed by atoms with Crippen LogP contribution in [-0.2, 0) is 11.3 Å². The summed E-state index contributed by atoms with van der Waals surface area (Å²) in [4.78, 5) is 37.1. The molecule has 0 atom stereocenters. The van der Waals surface area contributed by atoms with E-state index in [0.29, 0.717) is 0 Å². The van der Waals surface area contributed by atoms with Gasteiger partial charge in [0.2, 0.25) is 5.78 Å². The molecule has 0 unspecified atom stereocenters. The summed E-state index contributed by atoms with van der Waals surface area (Å²) in [6.07, 6.45) is 0. The average molecular weight is 360 g/mol. The average Bonchev–Trinajstić information content (AvgIpc) is 2.58. The Balaban J connectivity index is 2.38. The van der Waals surface area contributed by atoms with Gasteiger partial charge >= 0.3 is 5.97 Å². The second kappa shape index (κ2) is 5.74. The van der Waals surface area contributed by atoms with E-state index in [9.17, 15) is 39.9 Å². The van der Waals surface area contributed by atoms with Crippen molar-refractivity contribution in [3.05, 3.63) is 45.5 Å². The monoisotopic (exact) mass is 360 g/mol. The van der Waals surface area contributed by atoms with Crippen molar-refractivity contribution in [1.29, 1.82) is 0 Å². The molecule has 0 amide bonds. The fourth-order valence-electron chi connectivity index (χ4n) is 2.90. The Labute approximate surface area is 145 Å². The molecule has 1 aliphatic rings. The van der Waals surface area contributed by atoms with Crippen LogP contribution in [0.15, 0.2) is 12.1 Å². The topological polar surface area (TPSA) is 162 Å². The minimum absolute atomic E-state index is 0.375. The van der Waals surface area contributed by atoms with E-state index in [0.717, 1.165) is 19.2 Å². The highest BCUT2D eigenvalue weighted by molar-refractivity contribution is 6.31. The van der Waals surface area contributed by atoms with Gasteiger partial charge in [-0.25, -0.2) is 4.79 Å². The normalized spacial score (nSPS) is 12.5. The fraction of sp³-hybridized carbons (Fsp3) is 0.118. The summed E-state index contributed by atoms with van der Waals surface area (Å²) in [7, 11) is 0.991. The van der Waals surface area contributed by atoms with Crippen LogP contribution in [-0.4, -0.2) is 50.2 Å². The van der Waals surface area contributed by atoms with Crippen molar-refractivity contribution >= 4 is 17.5 Å². The van der Waals surface area contributed by atoms with Gasteiger partial charge in [0.05, 0.1) is 30.4 Å². The Morgan fingerprint density at radius 3 is 2.00 bits per heavy atom. The van der Waals surface area contributed by atoms with Crippen LogP contribution < -0.4 is 0 Å². The number of carbonyl (C=O) groups is 3. The predicted molar refractivity (Wildman–Crippen MR) is 83.7 cm³/mol. The maximum absolute atomic E-state index is 12.8. The highest BCUT2D eigenvalue weighted by atomic mass is 16.5. The van der Waals surface area contributed by atoms with Crippen LogP contribution >= 0.6 is 0 Å². The smallest absolute Gasteiger partial charge is 0.345 e. The van der Waals surface area contributed by atoms with Gasteiger partial charge in [-0.05, 0) is 12.1 Å². The molecule has 9 nitrogen and oxygen atoms in total. The number of benzene rings is 2. The van der Waals surface area contributed by atoms with Crippen molar-refractivity contribution in [2.45, 2.75) is 6.61 Å². The number of aliphatic hydroxyl groups is 1. The molecule has 9 heteroatoms. The molecule has 0 radical (unpaired) electrons. The lowest BCUT2D eigenvalue weighted by atomic mass is 9.81. The number of rotatable bonds is 2. The number of fused-ring (bicyclic) bond motifs is 2. The van der Waals surface area contributed by atoms with E-state index in [1.165, 1.54) is 0 Å². The summed E-state index contributed by atoms with van der Waals surface area (Å²) in [6, 6.07) is 1.71.